The number of amidine groups is 1. The van der Waals surface area contributed by atoms with Crippen molar-refractivity contribution in [3.63, 3.8) is 0 Å². The Kier molecular flexibility index (Phi) is 4.25. The Balaban J connectivity index is 2.39. The Morgan fingerprint density at radius 3 is 2.84 bits per heavy atom. The highest BCUT2D eigenvalue weighted by atomic mass is 32.2. The second kappa shape index (κ2) is 6.10. The number of oxime groups is 1. The molecule has 1 aromatic carbocycles. The lowest BCUT2D eigenvalue weighted by Crippen LogP contribution is -2.14. The van der Waals surface area contributed by atoms with Crippen LogP contribution < -0.4 is 10.5 Å². The number of hydrogen-bond acceptors (Lipinski definition) is 5. The predicted molar refractivity (Wildman–Crippen MR) is 73.9 cm³/mol. The van der Waals surface area contributed by atoms with Crippen molar-refractivity contribution in [3.8, 4) is 5.75 Å². The van der Waals surface area contributed by atoms with E-state index in [2.05, 4.69) is 10.1 Å². The van der Waals surface area contributed by atoms with Crippen molar-refractivity contribution in [2.24, 2.45) is 10.9 Å². The van der Waals surface area contributed by atoms with Gasteiger partial charge in [-0.05, 0) is 18.2 Å². The molecule has 0 saturated heterocycles. The third kappa shape index (κ3) is 2.97. The van der Waals surface area contributed by atoms with Crippen LogP contribution in [0.2, 0.25) is 0 Å². The van der Waals surface area contributed by atoms with Gasteiger partial charge < -0.3 is 15.7 Å². The van der Waals surface area contributed by atoms with E-state index in [0.717, 1.165) is 15.5 Å². The van der Waals surface area contributed by atoms with Crippen LogP contribution in [0.1, 0.15) is 5.56 Å². The molecule has 0 spiro atoms. The highest BCUT2D eigenvalue weighted by Crippen LogP contribution is 2.35. The van der Waals surface area contributed by atoms with Gasteiger partial charge in [-0.25, -0.2) is 0 Å². The molecule has 0 fully saturated rings. The standard InChI is InChI=1S/C13H13N3O2S/c1-18-10-4-2-3-5-11(10)19-12-8-15-7-6-9(12)13(14)16-17/h2-8,17H,1H3,(H2,14,16). The Morgan fingerprint density at radius 1 is 1.32 bits per heavy atom. The second-order valence-corrected chi connectivity index (χ2v) is 4.69. The molecule has 0 amide bonds. The van der Waals surface area contributed by atoms with Gasteiger partial charge in [0.1, 0.15) is 5.75 Å². The van der Waals surface area contributed by atoms with Gasteiger partial charge in [0, 0.05) is 22.9 Å². The fourth-order valence-electron chi connectivity index (χ4n) is 1.55. The Hall–Kier alpha value is -2.21. The first-order chi connectivity index (χ1) is 9.26. The van der Waals surface area contributed by atoms with Gasteiger partial charge in [0.05, 0.1) is 12.0 Å². The minimum Gasteiger partial charge on any atom is -0.496 e. The smallest absolute Gasteiger partial charge is 0.171 e. The number of methoxy groups -OCH3 is 1. The van der Waals surface area contributed by atoms with Gasteiger partial charge in [-0.2, -0.15) is 0 Å². The molecule has 5 nitrogen and oxygen atoms in total. The number of aromatic nitrogens is 1. The molecule has 0 unspecified atom stereocenters. The number of nitrogens with zero attached hydrogens (tertiary/aromatic N) is 2. The molecule has 1 heterocycles. The Bertz CT molecular complexity index is 602. The number of pyridine rings is 1. The van der Waals surface area contributed by atoms with Crippen molar-refractivity contribution in [1.29, 1.82) is 0 Å². The van der Waals surface area contributed by atoms with E-state index in [-0.39, 0.29) is 5.84 Å². The maximum atomic E-state index is 8.79. The summed E-state index contributed by atoms with van der Waals surface area (Å²) in [6.45, 7) is 0. The molecule has 98 valence electrons. The van der Waals surface area contributed by atoms with Gasteiger partial charge in [0.25, 0.3) is 0 Å². The predicted octanol–water partition coefficient (Wildman–Crippen LogP) is 2.34. The molecule has 6 heteroatoms. The summed E-state index contributed by atoms with van der Waals surface area (Å²) in [4.78, 5) is 5.79. The molecule has 0 atom stereocenters. The van der Waals surface area contributed by atoms with Crippen LogP contribution in [0.15, 0.2) is 57.7 Å². The fourth-order valence-corrected chi connectivity index (χ4v) is 2.58. The van der Waals surface area contributed by atoms with Crippen LogP contribution in [-0.2, 0) is 0 Å². The molecule has 0 radical (unpaired) electrons. The first kappa shape index (κ1) is 13.2. The van der Waals surface area contributed by atoms with E-state index in [4.69, 9.17) is 15.7 Å². The molecule has 0 saturated carbocycles. The van der Waals surface area contributed by atoms with Gasteiger partial charge in [-0.1, -0.05) is 29.1 Å². The number of ether oxygens (including phenoxy) is 1. The van der Waals surface area contributed by atoms with Crippen molar-refractivity contribution in [3.05, 3.63) is 48.3 Å². The first-order valence-electron chi connectivity index (χ1n) is 5.49. The third-order valence-electron chi connectivity index (χ3n) is 2.46. The largest absolute Gasteiger partial charge is 0.496 e. The van der Waals surface area contributed by atoms with Crippen molar-refractivity contribution in [1.82, 2.24) is 4.98 Å². The van der Waals surface area contributed by atoms with Gasteiger partial charge in [0.2, 0.25) is 0 Å². The average Bonchev–Trinajstić information content (AvgIpc) is 2.47. The van der Waals surface area contributed by atoms with E-state index in [1.165, 1.54) is 11.8 Å². The molecule has 19 heavy (non-hydrogen) atoms. The molecule has 1 aromatic heterocycles. The van der Waals surface area contributed by atoms with Gasteiger partial charge >= 0.3 is 0 Å². The van der Waals surface area contributed by atoms with Crippen LogP contribution >= 0.6 is 11.8 Å². The van der Waals surface area contributed by atoms with E-state index in [0.29, 0.717) is 5.56 Å². The van der Waals surface area contributed by atoms with E-state index >= 15 is 0 Å². The van der Waals surface area contributed by atoms with Gasteiger partial charge in [0.15, 0.2) is 5.84 Å². The van der Waals surface area contributed by atoms with E-state index in [1.807, 2.05) is 24.3 Å². The quantitative estimate of drug-likeness (QED) is 0.387. The van der Waals surface area contributed by atoms with Crippen molar-refractivity contribution in [2.45, 2.75) is 9.79 Å². The van der Waals surface area contributed by atoms with Crippen LogP contribution in [0.25, 0.3) is 0 Å². The van der Waals surface area contributed by atoms with Crippen LogP contribution in [0, 0.1) is 0 Å². The maximum absolute atomic E-state index is 8.79. The van der Waals surface area contributed by atoms with Crippen molar-refractivity contribution >= 4 is 17.6 Å². The summed E-state index contributed by atoms with van der Waals surface area (Å²) in [5, 5.41) is 11.8. The van der Waals surface area contributed by atoms with Gasteiger partial charge in [-0.3, -0.25) is 4.98 Å². The van der Waals surface area contributed by atoms with E-state index in [1.54, 1.807) is 25.6 Å². The number of hydrogen-bond donors (Lipinski definition) is 2. The lowest BCUT2D eigenvalue weighted by Gasteiger charge is -2.10. The minimum atomic E-state index is 0.0554. The summed E-state index contributed by atoms with van der Waals surface area (Å²) in [6, 6.07) is 9.34. The molecule has 2 aromatic rings. The Labute approximate surface area is 115 Å². The third-order valence-corrected chi connectivity index (χ3v) is 3.56. The van der Waals surface area contributed by atoms with Crippen LogP contribution in [0.4, 0.5) is 0 Å². The van der Waals surface area contributed by atoms with Crippen molar-refractivity contribution < 1.29 is 9.94 Å². The number of nitrogens with two attached hydrogens (primary N) is 1. The Morgan fingerprint density at radius 2 is 2.11 bits per heavy atom. The monoisotopic (exact) mass is 275 g/mol. The summed E-state index contributed by atoms with van der Waals surface area (Å²) in [5.41, 5.74) is 6.28. The minimum absolute atomic E-state index is 0.0554. The molecular formula is C13H13N3O2S. The second-order valence-electron chi connectivity index (χ2n) is 3.61. The lowest BCUT2D eigenvalue weighted by molar-refractivity contribution is 0.318. The molecule has 0 aliphatic rings. The summed E-state index contributed by atoms with van der Waals surface area (Å²) in [5.74, 6) is 0.821. The zero-order valence-corrected chi connectivity index (χ0v) is 11.1. The molecule has 3 N–H and O–H groups in total. The molecule has 0 aliphatic carbocycles. The number of para-hydroxylation sites is 1. The summed E-state index contributed by atoms with van der Waals surface area (Å²) in [7, 11) is 1.62. The maximum Gasteiger partial charge on any atom is 0.171 e. The highest BCUT2D eigenvalue weighted by Gasteiger charge is 2.11. The zero-order valence-electron chi connectivity index (χ0n) is 10.3. The van der Waals surface area contributed by atoms with Crippen LogP contribution in [0.3, 0.4) is 0 Å². The van der Waals surface area contributed by atoms with Crippen molar-refractivity contribution in [2.75, 3.05) is 7.11 Å². The molecule has 2 rings (SSSR count). The fraction of sp³-hybridized carbons (Fsp3) is 0.0769. The normalized spacial score (nSPS) is 11.3. The van der Waals surface area contributed by atoms with E-state index < -0.39 is 0 Å². The number of rotatable bonds is 4. The topological polar surface area (TPSA) is 80.7 Å². The van der Waals surface area contributed by atoms with Crippen LogP contribution in [0.5, 0.6) is 5.75 Å². The first-order valence-corrected chi connectivity index (χ1v) is 6.30. The van der Waals surface area contributed by atoms with Gasteiger partial charge in [-0.15, -0.1) is 0 Å². The summed E-state index contributed by atoms with van der Waals surface area (Å²) in [6.07, 6.45) is 3.27. The average molecular weight is 275 g/mol. The summed E-state index contributed by atoms with van der Waals surface area (Å²) >= 11 is 1.45. The molecule has 0 bridgehead atoms. The van der Waals surface area contributed by atoms with E-state index in [9.17, 15) is 0 Å². The molecule has 0 aliphatic heterocycles. The lowest BCUT2D eigenvalue weighted by atomic mass is 10.2. The number of benzene rings is 1. The van der Waals surface area contributed by atoms with Crippen LogP contribution in [-0.4, -0.2) is 23.1 Å². The zero-order chi connectivity index (χ0) is 13.7. The molecular weight excluding hydrogens is 262 g/mol. The highest BCUT2D eigenvalue weighted by molar-refractivity contribution is 7.99. The summed E-state index contributed by atoms with van der Waals surface area (Å²) < 4.78 is 5.29. The SMILES string of the molecule is COc1ccccc1Sc1cnccc1/C(N)=N/O.